The number of thiophene rings is 1. The van der Waals surface area contributed by atoms with Gasteiger partial charge in [0.1, 0.15) is 0 Å². The Labute approximate surface area is 141 Å². The molecule has 2 aliphatic rings. The standard InChI is InChI=1S/C17H24N2OS2/c20-17(7-6-16-5-3-12-22-16)19-10-4-11-21-14-15(19)13-18-8-1-2-9-18/h3,5-7,12,15H,1-2,4,8-11,13-14H2/b7-6+. The van der Waals surface area contributed by atoms with Gasteiger partial charge in [-0.3, -0.25) is 4.79 Å². The van der Waals surface area contributed by atoms with Crippen LogP contribution in [0.5, 0.6) is 0 Å². The fourth-order valence-corrected chi connectivity index (χ4v) is 4.84. The second-order valence-corrected chi connectivity index (χ2v) is 8.10. The Morgan fingerprint density at radius 1 is 1.27 bits per heavy atom. The minimum absolute atomic E-state index is 0.181. The Morgan fingerprint density at radius 2 is 2.14 bits per heavy atom. The lowest BCUT2D eigenvalue weighted by atomic mass is 10.2. The summed E-state index contributed by atoms with van der Waals surface area (Å²) in [6.07, 6.45) is 7.45. The molecule has 5 heteroatoms. The minimum Gasteiger partial charge on any atom is -0.334 e. The van der Waals surface area contributed by atoms with Gasteiger partial charge in [0.2, 0.25) is 5.91 Å². The summed E-state index contributed by atoms with van der Waals surface area (Å²) in [5.74, 6) is 2.43. The molecule has 120 valence electrons. The largest absolute Gasteiger partial charge is 0.334 e. The summed E-state index contributed by atoms with van der Waals surface area (Å²) in [6, 6.07) is 4.44. The van der Waals surface area contributed by atoms with Crippen LogP contribution in [0.3, 0.4) is 0 Å². The van der Waals surface area contributed by atoms with E-state index in [0.717, 1.165) is 30.1 Å². The van der Waals surface area contributed by atoms with Crippen LogP contribution in [0, 0.1) is 0 Å². The molecule has 1 aromatic rings. The maximum atomic E-state index is 12.6. The molecule has 3 heterocycles. The van der Waals surface area contributed by atoms with Gasteiger partial charge in [-0.05, 0) is 55.6 Å². The molecule has 0 saturated carbocycles. The molecule has 1 aromatic heterocycles. The van der Waals surface area contributed by atoms with Gasteiger partial charge in [0.05, 0.1) is 6.04 Å². The van der Waals surface area contributed by atoms with Gasteiger partial charge in [-0.1, -0.05) is 6.07 Å². The number of carbonyl (C=O) groups excluding carboxylic acids is 1. The molecule has 0 N–H and O–H groups in total. The highest BCUT2D eigenvalue weighted by Gasteiger charge is 2.27. The third kappa shape index (κ3) is 4.37. The first-order valence-electron chi connectivity index (χ1n) is 8.15. The zero-order valence-corrected chi connectivity index (χ0v) is 14.6. The number of thioether (sulfide) groups is 1. The summed E-state index contributed by atoms with van der Waals surface area (Å²) in [4.78, 5) is 18.4. The van der Waals surface area contributed by atoms with E-state index in [4.69, 9.17) is 0 Å². The first-order chi connectivity index (χ1) is 10.8. The lowest BCUT2D eigenvalue weighted by Gasteiger charge is -2.32. The van der Waals surface area contributed by atoms with Crippen LogP contribution in [0.15, 0.2) is 23.6 Å². The summed E-state index contributed by atoms with van der Waals surface area (Å²) in [5.41, 5.74) is 0. The Morgan fingerprint density at radius 3 is 2.91 bits per heavy atom. The van der Waals surface area contributed by atoms with Crippen LogP contribution in [0.25, 0.3) is 6.08 Å². The van der Waals surface area contributed by atoms with Crippen LogP contribution >= 0.6 is 23.1 Å². The molecule has 1 atom stereocenters. The third-order valence-corrected chi connectivity index (χ3v) is 6.36. The molecule has 1 amide bonds. The summed E-state index contributed by atoms with van der Waals surface area (Å²) in [7, 11) is 0. The molecular weight excluding hydrogens is 312 g/mol. The molecule has 2 fully saturated rings. The lowest BCUT2D eigenvalue weighted by Crippen LogP contribution is -2.47. The van der Waals surface area contributed by atoms with Gasteiger partial charge >= 0.3 is 0 Å². The van der Waals surface area contributed by atoms with Crippen molar-refractivity contribution in [1.29, 1.82) is 0 Å². The summed E-state index contributed by atoms with van der Waals surface area (Å²) in [6.45, 7) is 4.35. The van der Waals surface area contributed by atoms with E-state index in [-0.39, 0.29) is 5.91 Å². The maximum Gasteiger partial charge on any atom is 0.246 e. The SMILES string of the molecule is O=C(/C=C/c1cccs1)N1CCCSCC1CN1CCCC1. The Balaban J connectivity index is 1.64. The predicted molar refractivity (Wildman–Crippen MR) is 96.5 cm³/mol. The molecule has 0 aromatic carbocycles. The predicted octanol–water partition coefficient (Wildman–Crippen LogP) is 3.19. The molecule has 2 saturated heterocycles. The van der Waals surface area contributed by atoms with Crippen molar-refractivity contribution in [3.63, 3.8) is 0 Å². The summed E-state index contributed by atoms with van der Waals surface area (Å²) in [5, 5.41) is 2.04. The van der Waals surface area contributed by atoms with Gasteiger partial charge < -0.3 is 9.80 Å². The molecule has 0 aliphatic carbocycles. The van der Waals surface area contributed by atoms with Crippen LogP contribution in [-0.4, -0.2) is 59.4 Å². The Hall–Kier alpha value is -0.780. The van der Waals surface area contributed by atoms with Gasteiger partial charge in [0.15, 0.2) is 0 Å². The van der Waals surface area contributed by atoms with Crippen molar-refractivity contribution >= 4 is 35.1 Å². The Kier molecular flexibility index (Phi) is 5.98. The minimum atomic E-state index is 0.181. The maximum absolute atomic E-state index is 12.6. The van der Waals surface area contributed by atoms with E-state index >= 15 is 0 Å². The molecule has 3 rings (SSSR count). The van der Waals surface area contributed by atoms with Crippen molar-refractivity contribution in [3.8, 4) is 0 Å². The molecule has 2 aliphatic heterocycles. The molecule has 1 unspecified atom stereocenters. The highest BCUT2D eigenvalue weighted by atomic mass is 32.2. The zero-order chi connectivity index (χ0) is 15.2. The number of nitrogens with zero attached hydrogens (tertiary/aromatic N) is 2. The molecular formula is C17H24N2OS2. The molecule has 22 heavy (non-hydrogen) atoms. The molecule has 0 radical (unpaired) electrons. The van der Waals surface area contributed by atoms with E-state index in [9.17, 15) is 4.79 Å². The summed E-state index contributed by atoms with van der Waals surface area (Å²) >= 11 is 3.67. The van der Waals surface area contributed by atoms with E-state index in [1.807, 2.05) is 29.3 Å². The topological polar surface area (TPSA) is 23.6 Å². The number of rotatable bonds is 4. The summed E-state index contributed by atoms with van der Waals surface area (Å²) < 4.78 is 0. The molecule has 3 nitrogen and oxygen atoms in total. The van der Waals surface area contributed by atoms with Crippen molar-refractivity contribution in [2.75, 3.05) is 37.7 Å². The average Bonchev–Trinajstić information content (AvgIpc) is 3.16. The number of likely N-dealkylation sites (tertiary alicyclic amines) is 1. The van der Waals surface area contributed by atoms with E-state index in [1.54, 1.807) is 17.4 Å². The Bertz CT molecular complexity index is 495. The average molecular weight is 337 g/mol. The van der Waals surface area contributed by atoms with Crippen LogP contribution in [0.4, 0.5) is 0 Å². The second-order valence-electron chi connectivity index (χ2n) is 5.97. The lowest BCUT2D eigenvalue weighted by molar-refractivity contribution is -0.128. The number of hydrogen-bond donors (Lipinski definition) is 0. The smallest absolute Gasteiger partial charge is 0.246 e. The monoisotopic (exact) mass is 336 g/mol. The van der Waals surface area contributed by atoms with Crippen molar-refractivity contribution < 1.29 is 4.79 Å². The van der Waals surface area contributed by atoms with Crippen LogP contribution in [0.2, 0.25) is 0 Å². The van der Waals surface area contributed by atoms with E-state index in [1.165, 1.54) is 31.7 Å². The second kappa shape index (κ2) is 8.18. The third-order valence-electron chi connectivity index (χ3n) is 4.32. The van der Waals surface area contributed by atoms with Gasteiger partial charge in [-0.25, -0.2) is 0 Å². The van der Waals surface area contributed by atoms with E-state index < -0.39 is 0 Å². The van der Waals surface area contributed by atoms with Crippen molar-refractivity contribution in [2.45, 2.75) is 25.3 Å². The highest BCUT2D eigenvalue weighted by molar-refractivity contribution is 7.99. The van der Waals surface area contributed by atoms with E-state index in [2.05, 4.69) is 15.9 Å². The van der Waals surface area contributed by atoms with Gasteiger partial charge in [-0.2, -0.15) is 11.8 Å². The normalized spacial score (nSPS) is 24.0. The van der Waals surface area contributed by atoms with Crippen molar-refractivity contribution in [2.24, 2.45) is 0 Å². The fraction of sp³-hybridized carbons (Fsp3) is 0.588. The number of amides is 1. The van der Waals surface area contributed by atoms with Gasteiger partial charge in [0, 0.05) is 29.8 Å². The quantitative estimate of drug-likeness (QED) is 0.789. The highest BCUT2D eigenvalue weighted by Crippen LogP contribution is 2.20. The van der Waals surface area contributed by atoms with Crippen LogP contribution in [0.1, 0.15) is 24.1 Å². The first kappa shape index (κ1) is 16.1. The number of carbonyl (C=O) groups is 1. The van der Waals surface area contributed by atoms with Gasteiger partial charge in [0.25, 0.3) is 0 Å². The molecule has 0 spiro atoms. The van der Waals surface area contributed by atoms with E-state index in [0.29, 0.717) is 6.04 Å². The van der Waals surface area contributed by atoms with Crippen LogP contribution in [-0.2, 0) is 4.79 Å². The number of hydrogen-bond acceptors (Lipinski definition) is 4. The van der Waals surface area contributed by atoms with Crippen LogP contribution < -0.4 is 0 Å². The van der Waals surface area contributed by atoms with Gasteiger partial charge in [-0.15, -0.1) is 11.3 Å². The van der Waals surface area contributed by atoms with Crippen molar-refractivity contribution in [3.05, 3.63) is 28.5 Å². The van der Waals surface area contributed by atoms with Crippen molar-refractivity contribution in [1.82, 2.24) is 9.80 Å². The molecule has 0 bridgehead atoms. The fourth-order valence-electron chi connectivity index (χ4n) is 3.17. The first-order valence-corrected chi connectivity index (χ1v) is 10.2. The zero-order valence-electron chi connectivity index (χ0n) is 12.9.